The fraction of sp³-hybridized carbons (Fsp3) is 0.480. The Balaban J connectivity index is 1.54. The average Bonchev–Trinajstić information content (AvgIpc) is 2.98. The van der Waals surface area contributed by atoms with Gasteiger partial charge in [-0.05, 0) is 72.9 Å². The van der Waals surface area contributed by atoms with Gasteiger partial charge in [-0.1, -0.05) is 48.5 Å². The van der Waals surface area contributed by atoms with Gasteiger partial charge in [0.25, 0.3) is 0 Å². The van der Waals surface area contributed by atoms with Gasteiger partial charge in [0.15, 0.2) is 0 Å². The van der Waals surface area contributed by atoms with E-state index in [0.29, 0.717) is 18.3 Å². The van der Waals surface area contributed by atoms with E-state index >= 15 is 0 Å². The minimum Gasteiger partial charge on any atom is -0.313 e. The van der Waals surface area contributed by atoms with Crippen LogP contribution in [0.15, 0.2) is 48.5 Å². The standard InChI is InChI=1S/C25H32N2O/c28-15-5-9-22-12-14-27(18-20-6-2-1-3-7-20)19-25(22)23-11-10-21-8-4-13-26-17-24(21)16-23/h1-3,6-7,10-11,15-16,22,25-26H,4-5,8-9,12-14,17-19H2. The monoisotopic (exact) mass is 376 g/mol. The first-order valence-electron chi connectivity index (χ1n) is 10.9. The number of aryl methyl sites for hydroxylation is 1. The fourth-order valence-corrected chi connectivity index (χ4v) is 4.97. The zero-order valence-electron chi connectivity index (χ0n) is 16.8. The molecule has 3 heteroatoms. The van der Waals surface area contributed by atoms with Crippen molar-refractivity contribution in [3.8, 4) is 0 Å². The maximum Gasteiger partial charge on any atom is 0.120 e. The SMILES string of the molecule is O=CCCC1CCN(Cc2ccccc2)CC1c1ccc2c(c1)CNCCC2. The third-order valence-electron chi connectivity index (χ3n) is 6.52. The van der Waals surface area contributed by atoms with Gasteiger partial charge in [-0.15, -0.1) is 0 Å². The molecule has 1 fully saturated rings. The van der Waals surface area contributed by atoms with E-state index in [1.807, 2.05) is 0 Å². The highest BCUT2D eigenvalue weighted by atomic mass is 16.1. The van der Waals surface area contributed by atoms with Crippen LogP contribution in [0.4, 0.5) is 0 Å². The van der Waals surface area contributed by atoms with Gasteiger partial charge in [-0.2, -0.15) is 0 Å². The number of hydrogen-bond acceptors (Lipinski definition) is 3. The molecule has 2 aromatic rings. The number of likely N-dealkylation sites (tertiary alicyclic amines) is 1. The summed E-state index contributed by atoms with van der Waals surface area (Å²) in [7, 11) is 0. The second-order valence-electron chi connectivity index (χ2n) is 8.43. The number of piperidine rings is 1. The molecule has 28 heavy (non-hydrogen) atoms. The van der Waals surface area contributed by atoms with Gasteiger partial charge in [0.05, 0.1) is 0 Å². The summed E-state index contributed by atoms with van der Waals surface area (Å²) in [5.41, 5.74) is 5.84. The molecule has 2 unspecified atom stereocenters. The second-order valence-corrected chi connectivity index (χ2v) is 8.43. The molecule has 0 aromatic heterocycles. The summed E-state index contributed by atoms with van der Waals surface area (Å²) in [6, 6.07) is 18.0. The van der Waals surface area contributed by atoms with Crippen LogP contribution in [-0.4, -0.2) is 30.8 Å². The predicted octanol–water partition coefficient (Wildman–Crippen LogP) is 4.31. The summed E-state index contributed by atoms with van der Waals surface area (Å²) in [6.45, 7) is 5.33. The third-order valence-corrected chi connectivity index (χ3v) is 6.52. The number of carbonyl (C=O) groups excluding carboxylic acids is 1. The molecule has 1 saturated heterocycles. The van der Waals surface area contributed by atoms with E-state index in [1.54, 1.807) is 0 Å². The topological polar surface area (TPSA) is 32.3 Å². The molecule has 0 saturated carbocycles. The number of benzene rings is 2. The van der Waals surface area contributed by atoms with Crippen molar-refractivity contribution in [2.24, 2.45) is 5.92 Å². The Bertz CT molecular complexity index is 773. The average molecular weight is 377 g/mol. The predicted molar refractivity (Wildman–Crippen MR) is 114 cm³/mol. The first-order valence-corrected chi connectivity index (χ1v) is 10.9. The van der Waals surface area contributed by atoms with Crippen LogP contribution in [0.25, 0.3) is 0 Å². The van der Waals surface area contributed by atoms with E-state index in [2.05, 4.69) is 58.7 Å². The van der Waals surface area contributed by atoms with Crippen molar-refractivity contribution < 1.29 is 4.79 Å². The molecule has 1 N–H and O–H groups in total. The van der Waals surface area contributed by atoms with Crippen LogP contribution < -0.4 is 5.32 Å². The quantitative estimate of drug-likeness (QED) is 0.763. The molecule has 2 aliphatic heterocycles. The zero-order valence-corrected chi connectivity index (χ0v) is 16.8. The van der Waals surface area contributed by atoms with Gasteiger partial charge in [0, 0.05) is 26.1 Å². The molecular weight excluding hydrogens is 344 g/mol. The van der Waals surface area contributed by atoms with Gasteiger partial charge < -0.3 is 10.1 Å². The van der Waals surface area contributed by atoms with E-state index in [4.69, 9.17) is 0 Å². The Hall–Kier alpha value is -1.97. The van der Waals surface area contributed by atoms with Crippen molar-refractivity contribution in [1.82, 2.24) is 10.2 Å². The lowest BCUT2D eigenvalue weighted by molar-refractivity contribution is -0.108. The first-order chi connectivity index (χ1) is 13.8. The minimum absolute atomic E-state index is 0.519. The summed E-state index contributed by atoms with van der Waals surface area (Å²) in [5, 5.41) is 3.56. The molecular formula is C25H32N2O. The summed E-state index contributed by atoms with van der Waals surface area (Å²) >= 11 is 0. The largest absolute Gasteiger partial charge is 0.313 e. The van der Waals surface area contributed by atoms with Gasteiger partial charge in [0.1, 0.15) is 6.29 Å². The minimum atomic E-state index is 0.519. The fourth-order valence-electron chi connectivity index (χ4n) is 4.97. The molecule has 4 rings (SSSR count). The van der Waals surface area contributed by atoms with E-state index in [-0.39, 0.29) is 0 Å². The Morgan fingerprint density at radius 1 is 1.11 bits per heavy atom. The smallest absolute Gasteiger partial charge is 0.120 e. The molecule has 2 heterocycles. The van der Waals surface area contributed by atoms with Crippen LogP contribution in [0.1, 0.15) is 53.9 Å². The number of nitrogens with one attached hydrogen (secondary N) is 1. The van der Waals surface area contributed by atoms with Crippen LogP contribution in [0.5, 0.6) is 0 Å². The maximum absolute atomic E-state index is 11.0. The van der Waals surface area contributed by atoms with Crippen LogP contribution >= 0.6 is 0 Å². The van der Waals surface area contributed by atoms with E-state index in [0.717, 1.165) is 45.4 Å². The lowest BCUT2D eigenvalue weighted by Gasteiger charge is -2.39. The summed E-state index contributed by atoms with van der Waals surface area (Å²) < 4.78 is 0. The molecule has 0 spiro atoms. The molecule has 3 nitrogen and oxygen atoms in total. The number of fused-ring (bicyclic) bond motifs is 1. The number of hydrogen-bond donors (Lipinski definition) is 1. The van der Waals surface area contributed by atoms with Gasteiger partial charge in [-0.3, -0.25) is 4.90 Å². The van der Waals surface area contributed by atoms with Crippen molar-refractivity contribution in [2.75, 3.05) is 19.6 Å². The van der Waals surface area contributed by atoms with Crippen LogP contribution in [0.3, 0.4) is 0 Å². The Kier molecular flexibility index (Phi) is 6.56. The highest BCUT2D eigenvalue weighted by Crippen LogP contribution is 2.36. The highest BCUT2D eigenvalue weighted by molar-refractivity contribution is 5.49. The summed E-state index contributed by atoms with van der Waals surface area (Å²) in [4.78, 5) is 13.6. The second kappa shape index (κ2) is 9.49. The van der Waals surface area contributed by atoms with Gasteiger partial charge >= 0.3 is 0 Å². The molecule has 2 atom stereocenters. The van der Waals surface area contributed by atoms with Crippen molar-refractivity contribution in [3.63, 3.8) is 0 Å². The zero-order chi connectivity index (χ0) is 19.2. The normalized spacial score (nSPS) is 23.0. The molecule has 0 aliphatic carbocycles. The van der Waals surface area contributed by atoms with Crippen LogP contribution in [-0.2, 0) is 24.3 Å². The van der Waals surface area contributed by atoms with Crippen molar-refractivity contribution >= 4 is 6.29 Å². The Morgan fingerprint density at radius 2 is 2.00 bits per heavy atom. The molecule has 2 aromatic carbocycles. The van der Waals surface area contributed by atoms with Gasteiger partial charge in [0.2, 0.25) is 0 Å². The van der Waals surface area contributed by atoms with Crippen molar-refractivity contribution in [3.05, 3.63) is 70.8 Å². The number of carbonyl (C=O) groups is 1. The molecule has 0 radical (unpaired) electrons. The Labute approximate surface area is 169 Å². The van der Waals surface area contributed by atoms with Crippen LogP contribution in [0, 0.1) is 5.92 Å². The maximum atomic E-state index is 11.0. The lowest BCUT2D eigenvalue weighted by atomic mass is 9.77. The first kappa shape index (κ1) is 19.4. The Morgan fingerprint density at radius 3 is 2.86 bits per heavy atom. The molecule has 2 aliphatic rings. The van der Waals surface area contributed by atoms with E-state index in [1.165, 1.54) is 41.5 Å². The highest BCUT2D eigenvalue weighted by Gasteiger charge is 2.30. The summed E-state index contributed by atoms with van der Waals surface area (Å²) in [6.07, 6.45) is 6.38. The molecule has 0 bridgehead atoms. The molecule has 148 valence electrons. The molecule has 0 amide bonds. The number of nitrogens with zero attached hydrogens (tertiary/aromatic N) is 1. The number of rotatable bonds is 6. The van der Waals surface area contributed by atoms with Crippen LogP contribution in [0.2, 0.25) is 0 Å². The van der Waals surface area contributed by atoms with Crippen molar-refractivity contribution in [1.29, 1.82) is 0 Å². The van der Waals surface area contributed by atoms with Gasteiger partial charge in [-0.25, -0.2) is 0 Å². The van der Waals surface area contributed by atoms with Crippen molar-refractivity contribution in [2.45, 2.75) is 51.1 Å². The van der Waals surface area contributed by atoms with E-state index < -0.39 is 0 Å². The van der Waals surface area contributed by atoms with E-state index in [9.17, 15) is 4.79 Å². The summed E-state index contributed by atoms with van der Waals surface area (Å²) in [5.74, 6) is 1.12. The third kappa shape index (κ3) is 4.71. The lowest BCUT2D eigenvalue weighted by Crippen LogP contribution is -2.39. The number of aldehydes is 1.